The molecular formula is C11H9BrO2S. The van der Waals surface area contributed by atoms with Crippen LogP contribution in [0.3, 0.4) is 0 Å². The van der Waals surface area contributed by atoms with E-state index in [1.165, 1.54) is 17.8 Å². The van der Waals surface area contributed by atoms with Gasteiger partial charge in [0, 0.05) is 5.56 Å². The topological polar surface area (TPSA) is 37.3 Å². The Morgan fingerprint density at radius 2 is 2.33 bits per heavy atom. The van der Waals surface area contributed by atoms with Crippen molar-refractivity contribution >= 4 is 33.5 Å². The number of carbonyl (C=O) groups excluding carboxylic acids is 1. The lowest BCUT2D eigenvalue weighted by atomic mass is 10.1. The lowest BCUT2D eigenvalue weighted by Gasteiger charge is -2.02. The monoisotopic (exact) mass is 284 g/mol. The van der Waals surface area contributed by atoms with Crippen LogP contribution in [0.2, 0.25) is 0 Å². The Hall–Kier alpha value is -0.740. The van der Waals surface area contributed by atoms with E-state index in [2.05, 4.69) is 15.9 Å². The maximum absolute atomic E-state index is 11.9. The first kappa shape index (κ1) is 10.8. The van der Waals surface area contributed by atoms with Gasteiger partial charge in [0.15, 0.2) is 5.78 Å². The van der Waals surface area contributed by atoms with Crippen LogP contribution in [0.15, 0.2) is 35.2 Å². The highest BCUT2D eigenvalue weighted by Gasteiger charge is 2.21. The Morgan fingerprint density at radius 3 is 2.93 bits per heavy atom. The minimum Gasteiger partial charge on any atom is -0.508 e. The van der Waals surface area contributed by atoms with Crippen molar-refractivity contribution < 1.29 is 9.90 Å². The van der Waals surface area contributed by atoms with E-state index >= 15 is 0 Å². The van der Waals surface area contributed by atoms with E-state index in [9.17, 15) is 9.90 Å². The van der Waals surface area contributed by atoms with Crippen LogP contribution in [0.25, 0.3) is 0 Å². The van der Waals surface area contributed by atoms with Crippen molar-refractivity contribution in [1.29, 1.82) is 0 Å². The summed E-state index contributed by atoms with van der Waals surface area (Å²) in [7, 11) is 0. The number of thioether (sulfide) groups is 1. The van der Waals surface area contributed by atoms with Crippen molar-refractivity contribution in [2.24, 2.45) is 0 Å². The fourth-order valence-electron chi connectivity index (χ4n) is 1.37. The molecule has 1 N–H and O–H groups in total. The molecule has 1 aromatic carbocycles. The molecule has 1 aromatic rings. The number of hydrogen-bond donors (Lipinski definition) is 1. The van der Waals surface area contributed by atoms with Crippen molar-refractivity contribution in [3.63, 3.8) is 0 Å². The summed E-state index contributed by atoms with van der Waals surface area (Å²) in [5.41, 5.74) is 0.537. The summed E-state index contributed by atoms with van der Waals surface area (Å²) in [5.74, 6) is 0.109. The molecule has 0 aromatic heterocycles. The summed E-state index contributed by atoms with van der Waals surface area (Å²) in [6.45, 7) is 0. The molecule has 1 atom stereocenters. The van der Waals surface area contributed by atoms with Crippen LogP contribution >= 0.6 is 27.7 Å². The molecule has 1 aliphatic rings. The Kier molecular flexibility index (Phi) is 3.17. The Morgan fingerprint density at radius 1 is 1.53 bits per heavy atom. The van der Waals surface area contributed by atoms with Crippen LogP contribution in [0.1, 0.15) is 16.8 Å². The minimum atomic E-state index is -0.0159. The lowest BCUT2D eigenvalue weighted by molar-refractivity contribution is 0.104. The van der Waals surface area contributed by atoms with Crippen molar-refractivity contribution in [3.05, 3.63) is 40.8 Å². The van der Waals surface area contributed by atoms with Crippen molar-refractivity contribution in [2.75, 3.05) is 0 Å². The van der Waals surface area contributed by atoms with Gasteiger partial charge in [-0.05, 0) is 18.6 Å². The summed E-state index contributed by atoms with van der Waals surface area (Å²) >= 11 is 4.96. The fourth-order valence-corrected chi connectivity index (χ4v) is 3.05. The predicted molar refractivity (Wildman–Crippen MR) is 65.4 cm³/mol. The van der Waals surface area contributed by atoms with Crippen LogP contribution in [-0.2, 0) is 0 Å². The Bertz CT molecular complexity index is 428. The lowest BCUT2D eigenvalue weighted by Crippen LogP contribution is -1.99. The number of phenolic OH excluding ortho intramolecular Hbond substituents is 1. The molecule has 0 radical (unpaired) electrons. The number of halogens is 1. The average molecular weight is 285 g/mol. The largest absolute Gasteiger partial charge is 0.508 e. The molecule has 0 bridgehead atoms. The van der Waals surface area contributed by atoms with Gasteiger partial charge in [-0.3, -0.25) is 4.79 Å². The third-order valence-electron chi connectivity index (χ3n) is 2.08. The maximum atomic E-state index is 11.9. The average Bonchev–Trinajstić information content (AvgIpc) is 2.64. The van der Waals surface area contributed by atoms with E-state index in [1.54, 1.807) is 18.2 Å². The second-order valence-corrected chi connectivity index (χ2v) is 6.17. The molecule has 0 fully saturated rings. The SMILES string of the molecule is O=C(C1=CCC(Br)S1)c1cccc(O)c1. The first-order valence-corrected chi connectivity index (χ1v) is 6.31. The summed E-state index contributed by atoms with van der Waals surface area (Å²) in [6, 6.07) is 6.44. The standard InChI is InChI=1S/C11H9BrO2S/c12-10-5-4-9(15-10)11(14)7-2-1-3-8(13)6-7/h1-4,6,10,13H,5H2. The van der Waals surface area contributed by atoms with E-state index in [1.807, 2.05) is 6.08 Å². The quantitative estimate of drug-likeness (QED) is 0.669. The van der Waals surface area contributed by atoms with Crippen molar-refractivity contribution in [1.82, 2.24) is 0 Å². The number of alkyl halides is 1. The second-order valence-electron chi connectivity index (χ2n) is 3.21. The molecule has 0 saturated heterocycles. The summed E-state index contributed by atoms with van der Waals surface area (Å²) in [4.78, 5) is 12.7. The molecule has 2 rings (SSSR count). The van der Waals surface area contributed by atoms with Crippen LogP contribution in [0, 0.1) is 0 Å². The molecular weight excluding hydrogens is 276 g/mol. The normalized spacial score (nSPS) is 20.1. The van der Waals surface area contributed by atoms with Gasteiger partial charge < -0.3 is 5.11 Å². The molecule has 15 heavy (non-hydrogen) atoms. The maximum Gasteiger partial charge on any atom is 0.199 e. The number of aromatic hydroxyl groups is 1. The van der Waals surface area contributed by atoms with E-state index in [0.717, 1.165) is 11.3 Å². The van der Waals surface area contributed by atoms with Crippen LogP contribution < -0.4 is 0 Å². The van der Waals surface area contributed by atoms with E-state index in [0.29, 0.717) is 9.72 Å². The molecule has 1 aliphatic heterocycles. The molecule has 0 amide bonds. The molecule has 2 nitrogen and oxygen atoms in total. The first-order chi connectivity index (χ1) is 7.16. The van der Waals surface area contributed by atoms with Gasteiger partial charge in [-0.15, -0.1) is 11.8 Å². The number of phenols is 1. The Balaban J connectivity index is 2.22. The summed E-state index contributed by atoms with van der Waals surface area (Å²) in [6.07, 6.45) is 2.79. The molecule has 4 heteroatoms. The highest BCUT2D eigenvalue weighted by molar-refractivity contribution is 9.11. The van der Waals surface area contributed by atoms with Gasteiger partial charge in [0.1, 0.15) is 5.75 Å². The molecule has 78 valence electrons. The highest BCUT2D eigenvalue weighted by Crippen LogP contribution is 2.37. The number of rotatable bonds is 2. The van der Waals surface area contributed by atoms with Gasteiger partial charge in [0.2, 0.25) is 0 Å². The van der Waals surface area contributed by atoms with Crippen LogP contribution in [0.4, 0.5) is 0 Å². The number of Topliss-reactive ketones (excluding diaryl/α,β-unsaturated/α-hetero) is 1. The zero-order valence-electron chi connectivity index (χ0n) is 7.81. The third kappa shape index (κ3) is 2.44. The van der Waals surface area contributed by atoms with Crippen LogP contribution in [-0.4, -0.2) is 15.0 Å². The van der Waals surface area contributed by atoms with Crippen molar-refractivity contribution in [3.8, 4) is 5.75 Å². The van der Waals surface area contributed by atoms with Gasteiger partial charge in [-0.2, -0.15) is 0 Å². The van der Waals surface area contributed by atoms with Crippen LogP contribution in [0.5, 0.6) is 5.75 Å². The molecule has 0 spiro atoms. The van der Waals surface area contributed by atoms with E-state index in [-0.39, 0.29) is 11.5 Å². The zero-order chi connectivity index (χ0) is 10.8. The molecule has 0 saturated carbocycles. The van der Waals surface area contributed by atoms with Gasteiger partial charge in [-0.25, -0.2) is 0 Å². The second kappa shape index (κ2) is 4.41. The molecule has 1 heterocycles. The molecule has 1 unspecified atom stereocenters. The van der Waals surface area contributed by atoms with Gasteiger partial charge in [0.05, 0.1) is 9.06 Å². The number of benzene rings is 1. The number of carbonyl (C=O) groups is 1. The van der Waals surface area contributed by atoms with E-state index in [4.69, 9.17) is 0 Å². The zero-order valence-corrected chi connectivity index (χ0v) is 10.2. The van der Waals surface area contributed by atoms with Crippen molar-refractivity contribution in [2.45, 2.75) is 10.6 Å². The van der Waals surface area contributed by atoms with Gasteiger partial charge in [-0.1, -0.05) is 34.1 Å². The first-order valence-electron chi connectivity index (χ1n) is 4.51. The molecule has 0 aliphatic carbocycles. The number of allylic oxidation sites excluding steroid dienone is 2. The summed E-state index contributed by atoms with van der Waals surface area (Å²) < 4.78 is 0.300. The van der Waals surface area contributed by atoms with Gasteiger partial charge >= 0.3 is 0 Å². The predicted octanol–water partition coefficient (Wildman–Crippen LogP) is 3.32. The number of hydrogen-bond acceptors (Lipinski definition) is 3. The Labute approximate surface area is 101 Å². The summed E-state index contributed by atoms with van der Waals surface area (Å²) in [5, 5.41) is 9.27. The fraction of sp³-hybridized carbons (Fsp3) is 0.182. The minimum absolute atomic E-state index is 0.0159. The number of ketones is 1. The third-order valence-corrected chi connectivity index (χ3v) is 4.06. The van der Waals surface area contributed by atoms with E-state index < -0.39 is 0 Å². The highest BCUT2D eigenvalue weighted by atomic mass is 79.9. The van der Waals surface area contributed by atoms with Gasteiger partial charge in [0.25, 0.3) is 0 Å². The smallest absolute Gasteiger partial charge is 0.199 e.